The molecule has 0 saturated carbocycles. The standard InChI is InChI=1S/C12H27NO3S/c1-10(2)6-7-12(5,14)9-13-17(15,16)8-11(3)4/h10-11,13-14H,6-9H2,1-5H3. The minimum Gasteiger partial charge on any atom is -0.389 e. The van der Waals surface area contributed by atoms with Crippen molar-refractivity contribution in [3.8, 4) is 0 Å². The number of hydrogen-bond donors (Lipinski definition) is 2. The summed E-state index contributed by atoms with van der Waals surface area (Å²) in [6.45, 7) is 9.65. The first-order valence-corrected chi connectivity index (χ1v) is 7.89. The Bertz CT molecular complexity index is 308. The van der Waals surface area contributed by atoms with Crippen LogP contribution in [0.2, 0.25) is 0 Å². The first kappa shape index (κ1) is 16.9. The van der Waals surface area contributed by atoms with E-state index in [9.17, 15) is 13.5 Å². The van der Waals surface area contributed by atoms with E-state index in [0.717, 1.165) is 6.42 Å². The predicted octanol–water partition coefficient (Wildman–Crippen LogP) is 1.75. The maximum atomic E-state index is 11.6. The zero-order valence-corrected chi connectivity index (χ0v) is 12.5. The van der Waals surface area contributed by atoms with E-state index in [2.05, 4.69) is 18.6 Å². The third-order valence-corrected chi connectivity index (χ3v) is 4.18. The quantitative estimate of drug-likeness (QED) is 0.702. The number of sulfonamides is 1. The van der Waals surface area contributed by atoms with Crippen LogP contribution in [-0.2, 0) is 10.0 Å². The van der Waals surface area contributed by atoms with Crippen molar-refractivity contribution in [1.29, 1.82) is 0 Å². The van der Waals surface area contributed by atoms with Gasteiger partial charge in [-0.2, -0.15) is 0 Å². The minimum absolute atomic E-state index is 0.0908. The van der Waals surface area contributed by atoms with Gasteiger partial charge < -0.3 is 5.11 Å². The van der Waals surface area contributed by atoms with Crippen LogP contribution in [0.4, 0.5) is 0 Å². The van der Waals surface area contributed by atoms with Crippen molar-refractivity contribution in [2.45, 2.75) is 53.1 Å². The summed E-state index contributed by atoms with van der Waals surface area (Å²) in [7, 11) is -3.26. The fourth-order valence-electron chi connectivity index (χ4n) is 1.45. The van der Waals surface area contributed by atoms with E-state index in [-0.39, 0.29) is 18.2 Å². The molecule has 0 aliphatic heterocycles. The van der Waals surface area contributed by atoms with Gasteiger partial charge in [0.25, 0.3) is 0 Å². The Morgan fingerprint density at radius 2 is 1.71 bits per heavy atom. The molecule has 17 heavy (non-hydrogen) atoms. The van der Waals surface area contributed by atoms with Crippen molar-refractivity contribution in [3.63, 3.8) is 0 Å². The van der Waals surface area contributed by atoms with Gasteiger partial charge in [0, 0.05) is 6.54 Å². The van der Waals surface area contributed by atoms with E-state index < -0.39 is 15.6 Å². The lowest BCUT2D eigenvalue weighted by Gasteiger charge is -2.24. The molecule has 0 bridgehead atoms. The highest BCUT2D eigenvalue weighted by Gasteiger charge is 2.23. The largest absolute Gasteiger partial charge is 0.389 e. The molecule has 0 heterocycles. The second-order valence-electron chi connectivity index (χ2n) is 5.93. The van der Waals surface area contributed by atoms with Gasteiger partial charge in [0.1, 0.15) is 0 Å². The van der Waals surface area contributed by atoms with E-state index in [1.807, 2.05) is 13.8 Å². The molecule has 1 unspecified atom stereocenters. The lowest BCUT2D eigenvalue weighted by molar-refractivity contribution is 0.0506. The van der Waals surface area contributed by atoms with Gasteiger partial charge in [-0.05, 0) is 31.6 Å². The van der Waals surface area contributed by atoms with Gasteiger partial charge >= 0.3 is 0 Å². The average molecular weight is 265 g/mol. The second-order valence-corrected chi connectivity index (χ2v) is 7.78. The van der Waals surface area contributed by atoms with E-state index in [1.54, 1.807) is 6.92 Å². The number of hydrogen-bond acceptors (Lipinski definition) is 3. The highest BCUT2D eigenvalue weighted by atomic mass is 32.2. The molecule has 0 aromatic heterocycles. The summed E-state index contributed by atoms with van der Waals surface area (Å²) in [6, 6.07) is 0. The number of nitrogens with one attached hydrogen (secondary N) is 1. The van der Waals surface area contributed by atoms with Crippen LogP contribution in [0.25, 0.3) is 0 Å². The molecule has 0 amide bonds. The molecule has 2 N–H and O–H groups in total. The van der Waals surface area contributed by atoms with Crippen molar-refractivity contribution < 1.29 is 13.5 Å². The summed E-state index contributed by atoms with van der Waals surface area (Å²) in [6.07, 6.45) is 1.49. The molecule has 0 aliphatic rings. The molecule has 4 nitrogen and oxygen atoms in total. The van der Waals surface area contributed by atoms with Crippen molar-refractivity contribution in [2.75, 3.05) is 12.3 Å². The van der Waals surface area contributed by atoms with Crippen LogP contribution in [0.1, 0.15) is 47.5 Å². The van der Waals surface area contributed by atoms with Crippen molar-refractivity contribution >= 4 is 10.0 Å². The first-order valence-electron chi connectivity index (χ1n) is 6.24. The van der Waals surface area contributed by atoms with Crippen LogP contribution in [-0.4, -0.2) is 31.4 Å². The highest BCUT2D eigenvalue weighted by molar-refractivity contribution is 7.89. The fourth-order valence-corrected chi connectivity index (χ4v) is 2.98. The van der Waals surface area contributed by atoms with Gasteiger partial charge in [-0.15, -0.1) is 0 Å². The molecule has 5 heteroatoms. The zero-order valence-electron chi connectivity index (χ0n) is 11.7. The third-order valence-electron chi connectivity index (χ3n) is 2.49. The Kier molecular flexibility index (Phi) is 6.66. The summed E-state index contributed by atoms with van der Waals surface area (Å²) >= 11 is 0. The summed E-state index contributed by atoms with van der Waals surface area (Å²) in [5.41, 5.74) is -0.964. The van der Waals surface area contributed by atoms with E-state index in [4.69, 9.17) is 0 Å². The average Bonchev–Trinajstić information content (AvgIpc) is 2.10. The van der Waals surface area contributed by atoms with Crippen molar-refractivity contribution in [1.82, 2.24) is 4.72 Å². The fraction of sp³-hybridized carbons (Fsp3) is 1.00. The summed E-state index contributed by atoms with van der Waals surface area (Å²) in [5.74, 6) is 0.703. The van der Waals surface area contributed by atoms with Crippen LogP contribution in [0.15, 0.2) is 0 Å². The van der Waals surface area contributed by atoms with Gasteiger partial charge in [0.15, 0.2) is 0 Å². The summed E-state index contributed by atoms with van der Waals surface area (Å²) in [5, 5.41) is 10.0. The Morgan fingerprint density at radius 1 is 1.18 bits per heavy atom. The number of aliphatic hydroxyl groups is 1. The molecule has 0 aliphatic carbocycles. The van der Waals surface area contributed by atoms with Crippen LogP contribution in [0.5, 0.6) is 0 Å². The Hall–Kier alpha value is -0.130. The molecule has 0 spiro atoms. The van der Waals surface area contributed by atoms with Gasteiger partial charge in [-0.1, -0.05) is 27.7 Å². The van der Waals surface area contributed by atoms with Gasteiger partial charge in [0.2, 0.25) is 10.0 Å². The van der Waals surface area contributed by atoms with Gasteiger partial charge in [-0.25, -0.2) is 13.1 Å². The van der Waals surface area contributed by atoms with Crippen LogP contribution in [0.3, 0.4) is 0 Å². The minimum atomic E-state index is -3.26. The zero-order chi connectivity index (χ0) is 13.7. The first-order chi connectivity index (χ1) is 7.54. The van der Waals surface area contributed by atoms with E-state index in [0.29, 0.717) is 12.3 Å². The summed E-state index contributed by atoms with van der Waals surface area (Å²) in [4.78, 5) is 0. The normalized spacial score (nSPS) is 16.5. The van der Waals surface area contributed by atoms with Crippen molar-refractivity contribution in [2.24, 2.45) is 11.8 Å². The molecule has 0 aromatic carbocycles. The summed E-state index contributed by atoms with van der Waals surface area (Å²) < 4.78 is 25.7. The molecule has 1 atom stereocenters. The second kappa shape index (κ2) is 6.71. The molecule has 0 radical (unpaired) electrons. The van der Waals surface area contributed by atoms with Crippen LogP contribution in [0, 0.1) is 11.8 Å². The Balaban J connectivity index is 4.17. The molecule has 104 valence electrons. The third kappa shape index (κ3) is 9.56. The van der Waals surface area contributed by atoms with Crippen molar-refractivity contribution in [3.05, 3.63) is 0 Å². The SMILES string of the molecule is CC(C)CCC(C)(O)CNS(=O)(=O)CC(C)C. The lowest BCUT2D eigenvalue weighted by Crippen LogP contribution is -2.42. The van der Waals surface area contributed by atoms with Gasteiger partial charge in [0.05, 0.1) is 11.4 Å². The van der Waals surface area contributed by atoms with Gasteiger partial charge in [-0.3, -0.25) is 0 Å². The molecule has 0 rings (SSSR count). The molecule has 0 fully saturated rings. The monoisotopic (exact) mass is 265 g/mol. The van der Waals surface area contributed by atoms with E-state index in [1.165, 1.54) is 0 Å². The molecular weight excluding hydrogens is 238 g/mol. The predicted molar refractivity (Wildman–Crippen MR) is 71.3 cm³/mol. The molecule has 0 saturated heterocycles. The lowest BCUT2D eigenvalue weighted by atomic mass is 9.96. The maximum absolute atomic E-state index is 11.6. The Morgan fingerprint density at radius 3 is 2.12 bits per heavy atom. The topological polar surface area (TPSA) is 66.4 Å². The van der Waals surface area contributed by atoms with E-state index >= 15 is 0 Å². The highest BCUT2D eigenvalue weighted by Crippen LogP contribution is 2.15. The van der Waals surface area contributed by atoms with Crippen LogP contribution >= 0.6 is 0 Å². The molecular formula is C12H27NO3S. The number of rotatable bonds is 8. The maximum Gasteiger partial charge on any atom is 0.211 e. The molecule has 0 aromatic rings. The smallest absolute Gasteiger partial charge is 0.211 e. The van der Waals surface area contributed by atoms with Crippen LogP contribution < -0.4 is 4.72 Å². The Labute approximate surface area is 106 Å².